The molecule has 1 heterocycles. The quantitative estimate of drug-likeness (QED) is 0.811. The molecule has 18 heavy (non-hydrogen) atoms. The van der Waals surface area contributed by atoms with E-state index in [0.717, 1.165) is 18.0 Å². The fraction of sp³-hybridized carbons (Fsp3) is 1.00. The zero-order valence-corrected chi connectivity index (χ0v) is 12.8. The SMILES string of the molecule is CN1CCC(NC2CCC(C(C)(C)C)CC2)CC1. The van der Waals surface area contributed by atoms with Gasteiger partial charge in [0.15, 0.2) is 0 Å². The molecule has 2 fully saturated rings. The number of likely N-dealkylation sites (tertiary alicyclic amines) is 1. The van der Waals surface area contributed by atoms with E-state index in [1.807, 2.05) is 0 Å². The van der Waals surface area contributed by atoms with Gasteiger partial charge in [0.05, 0.1) is 0 Å². The van der Waals surface area contributed by atoms with Gasteiger partial charge in [-0.05, 0) is 70.0 Å². The Morgan fingerprint density at radius 3 is 1.83 bits per heavy atom. The van der Waals surface area contributed by atoms with Crippen LogP contribution in [0.25, 0.3) is 0 Å². The van der Waals surface area contributed by atoms with Crippen LogP contribution in [0.3, 0.4) is 0 Å². The average molecular weight is 252 g/mol. The van der Waals surface area contributed by atoms with Gasteiger partial charge in [-0.2, -0.15) is 0 Å². The molecule has 2 aliphatic rings. The van der Waals surface area contributed by atoms with E-state index >= 15 is 0 Å². The Morgan fingerprint density at radius 2 is 1.33 bits per heavy atom. The van der Waals surface area contributed by atoms with E-state index in [0.29, 0.717) is 5.41 Å². The Kier molecular flexibility index (Phi) is 4.71. The molecule has 0 bridgehead atoms. The van der Waals surface area contributed by atoms with Crippen molar-refractivity contribution in [2.24, 2.45) is 11.3 Å². The minimum atomic E-state index is 0.512. The molecule has 2 rings (SSSR count). The molecule has 106 valence electrons. The van der Waals surface area contributed by atoms with E-state index in [1.165, 1.54) is 51.6 Å². The molecule has 1 saturated carbocycles. The van der Waals surface area contributed by atoms with Crippen molar-refractivity contribution in [3.05, 3.63) is 0 Å². The highest BCUT2D eigenvalue weighted by Crippen LogP contribution is 2.37. The minimum Gasteiger partial charge on any atom is -0.311 e. The van der Waals surface area contributed by atoms with E-state index in [-0.39, 0.29) is 0 Å². The summed E-state index contributed by atoms with van der Waals surface area (Å²) in [6, 6.07) is 1.59. The largest absolute Gasteiger partial charge is 0.311 e. The molecule has 1 aliphatic carbocycles. The maximum Gasteiger partial charge on any atom is 0.00939 e. The third-order valence-corrected chi connectivity index (χ3v) is 5.14. The minimum absolute atomic E-state index is 0.512. The van der Waals surface area contributed by atoms with Crippen LogP contribution in [-0.2, 0) is 0 Å². The second-order valence-electron chi connectivity index (χ2n) is 7.66. The summed E-state index contributed by atoms with van der Waals surface area (Å²) in [7, 11) is 2.24. The first-order valence-electron chi connectivity index (χ1n) is 7.90. The van der Waals surface area contributed by atoms with Gasteiger partial charge in [-0.15, -0.1) is 0 Å². The summed E-state index contributed by atoms with van der Waals surface area (Å²) in [5, 5.41) is 3.92. The lowest BCUT2D eigenvalue weighted by Crippen LogP contribution is -2.46. The summed E-state index contributed by atoms with van der Waals surface area (Å²) in [6.45, 7) is 9.76. The van der Waals surface area contributed by atoms with Crippen molar-refractivity contribution in [3.8, 4) is 0 Å². The van der Waals surface area contributed by atoms with Gasteiger partial charge < -0.3 is 10.2 Å². The molecule has 1 aliphatic heterocycles. The summed E-state index contributed by atoms with van der Waals surface area (Å²) in [5.41, 5.74) is 0.512. The first-order valence-corrected chi connectivity index (χ1v) is 7.90. The second kappa shape index (κ2) is 5.92. The molecule has 2 heteroatoms. The molecule has 1 N–H and O–H groups in total. The predicted molar refractivity (Wildman–Crippen MR) is 78.9 cm³/mol. The fourth-order valence-corrected chi connectivity index (χ4v) is 3.63. The first kappa shape index (κ1) is 14.3. The van der Waals surface area contributed by atoms with Crippen LogP contribution in [0.2, 0.25) is 0 Å². The normalized spacial score (nSPS) is 32.7. The first-order chi connectivity index (χ1) is 8.45. The van der Waals surface area contributed by atoms with E-state index in [9.17, 15) is 0 Å². The summed E-state index contributed by atoms with van der Waals surface area (Å²) in [4.78, 5) is 2.45. The van der Waals surface area contributed by atoms with E-state index in [1.54, 1.807) is 0 Å². The van der Waals surface area contributed by atoms with Gasteiger partial charge in [0, 0.05) is 12.1 Å². The van der Waals surface area contributed by atoms with Crippen molar-refractivity contribution < 1.29 is 0 Å². The Balaban J connectivity index is 1.70. The Hall–Kier alpha value is -0.0800. The summed E-state index contributed by atoms with van der Waals surface area (Å²) < 4.78 is 0. The molecule has 0 aromatic heterocycles. The van der Waals surface area contributed by atoms with Crippen molar-refractivity contribution in [1.82, 2.24) is 10.2 Å². The monoisotopic (exact) mass is 252 g/mol. The zero-order valence-electron chi connectivity index (χ0n) is 12.8. The number of hydrogen-bond donors (Lipinski definition) is 1. The third-order valence-electron chi connectivity index (χ3n) is 5.14. The molecule has 0 aromatic carbocycles. The van der Waals surface area contributed by atoms with Crippen LogP contribution in [0, 0.1) is 11.3 Å². The Labute approximate surface area is 114 Å². The lowest BCUT2D eigenvalue weighted by atomic mass is 9.71. The maximum absolute atomic E-state index is 3.92. The van der Waals surface area contributed by atoms with Gasteiger partial charge in [-0.1, -0.05) is 20.8 Å². The van der Waals surface area contributed by atoms with Crippen molar-refractivity contribution in [2.45, 2.75) is 71.4 Å². The van der Waals surface area contributed by atoms with Crippen LogP contribution in [0.5, 0.6) is 0 Å². The van der Waals surface area contributed by atoms with Crippen LogP contribution < -0.4 is 5.32 Å². The summed E-state index contributed by atoms with van der Waals surface area (Å²) in [6.07, 6.45) is 8.33. The molecular formula is C16H32N2. The molecule has 0 amide bonds. The molecule has 1 saturated heterocycles. The number of rotatable bonds is 2. The van der Waals surface area contributed by atoms with E-state index < -0.39 is 0 Å². The smallest absolute Gasteiger partial charge is 0.00939 e. The zero-order chi connectivity index (χ0) is 13.2. The summed E-state index contributed by atoms with van der Waals surface area (Å²) >= 11 is 0. The Morgan fingerprint density at radius 1 is 0.833 bits per heavy atom. The van der Waals surface area contributed by atoms with E-state index in [2.05, 4.69) is 38.0 Å². The van der Waals surface area contributed by atoms with Gasteiger partial charge in [0.1, 0.15) is 0 Å². The van der Waals surface area contributed by atoms with Gasteiger partial charge in [0.25, 0.3) is 0 Å². The third kappa shape index (κ3) is 3.96. The molecule has 0 atom stereocenters. The van der Waals surface area contributed by atoms with Crippen LogP contribution in [0.4, 0.5) is 0 Å². The molecule has 2 nitrogen and oxygen atoms in total. The van der Waals surface area contributed by atoms with Crippen molar-refractivity contribution in [1.29, 1.82) is 0 Å². The van der Waals surface area contributed by atoms with Crippen LogP contribution in [0.15, 0.2) is 0 Å². The average Bonchev–Trinajstić information content (AvgIpc) is 2.32. The highest BCUT2D eigenvalue weighted by Gasteiger charge is 2.30. The predicted octanol–water partition coefficient (Wildman–Crippen LogP) is 3.28. The van der Waals surface area contributed by atoms with Crippen molar-refractivity contribution >= 4 is 0 Å². The number of nitrogens with one attached hydrogen (secondary N) is 1. The number of piperidine rings is 1. The van der Waals surface area contributed by atoms with E-state index in [4.69, 9.17) is 0 Å². The Bertz CT molecular complexity index is 240. The van der Waals surface area contributed by atoms with Gasteiger partial charge in [-0.3, -0.25) is 0 Å². The fourth-order valence-electron chi connectivity index (χ4n) is 3.63. The molecule has 0 unspecified atom stereocenters. The standard InChI is InChI=1S/C16H32N2/c1-16(2,3)13-5-7-14(8-6-13)17-15-9-11-18(4)12-10-15/h13-15,17H,5-12H2,1-4H3. The number of nitrogens with zero attached hydrogens (tertiary/aromatic N) is 1. The molecule has 0 aromatic rings. The highest BCUT2D eigenvalue weighted by molar-refractivity contribution is 4.86. The molecule has 0 radical (unpaired) electrons. The van der Waals surface area contributed by atoms with Gasteiger partial charge >= 0.3 is 0 Å². The van der Waals surface area contributed by atoms with Gasteiger partial charge in [-0.25, -0.2) is 0 Å². The van der Waals surface area contributed by atoms with Crippen molar-refractivity contribution in [3.63, 3.8) is 0 Å². The topological polar surface area (TPSA) is 15.3 Å². The second-order valence-corrected chi connectivity index (χ2v) is 7.66. The lowest BCUT2D eigenvalue weighted by molar-refractivity contribution is 0.146. The van der Waals surface area contributed by atoms with Crippen LogP contribution in [0.1, 0.15) is 59.3 Å². The van der Waals surface area contributed by atoms with Crippen molar-refractivity contribution in [2.75, 3.05) is 20.1 Å². The van der Waals surface area contributed by atoms with Crippen LogP contribution >= 0.6 is 0 Å². The highest BCUT2D eigenvalue weighted by atomic mass is 15.1. The van der Waals surface area contributed by atoms with Gasteiger partial charge in [0.2, 0.25) is 0 Å². The maximum atomic E-state index is 3.92. The molecular weight excluding hydrogens is 220 g/mol. The van der Waals surface area contributed by atoms with Crippen LogP contribution in [-0.4, -0.2) is 37.1 Å². The lowest BCUT2D eigenvalue weighted by Gasteiger charge is -2.39. The number of hydrogen-bond acceptors (Lipinski definition) is 2. The summed E-state index contributed by atoms with van der Waals surface area (Å²) in [5.74, 6) is 0.938. The molecule has 0 spiro atoms.